The Balaban J connectivity index is 0.00000280. The predicted molar refractivity (Wildman–Crippen MR) is 134 cm³/mol. The lowest BCUT2D eigenvalue weighted by atomic mass is 9.97. The smallest absolute Gasteiger partial charge is 0.191 e. The molecule has 2 N–H and O–H groups in total. The monoisotopic (exact) mass is 563 g/mol. The first-order valence-electron chi connectivity index (χ1n) is 10.3. The van der Waals surface area contributed by atoms with Crippen LogP contribution in [0, 0.1) is 5.92 Å². The van der Waals surface area contributed by atoms with Crippen LogP contribution >= 0.6 is 39.9 Å². The highest BCUT2D eigenvalue weighted by Gasteiger charge is 2.25. The SMILES string of the molecule is CN=C(NCC1CCCN(C(C)C)C1)NC1CCN(c2ccc(Br)cc2)C1.I. The van der Waals surface area contributed by atoms with Crippen molar-refractivity contribution in [1.29, 1.82) is 0 Å². The zero-order valence-corrected chi connectivity index (χ0v) is 21.2. The molecule has 28 heavy (non-hydrogen) atoms. The molecule has 2 atom stereocenters. The Morgan fingerprint density at radius 1 is 1.18 bits per heavy atom. The highest BCUT2D eigenvalue weighted by molar-refractivity contribution is 14.0. The predicted octanol–water partition coefficient (Wildman–Crippen LogP) is 3.93. The van der Waals surface area contributed by atoms with Crippen molar-refractivity contribution in [2.75, 3.05) is 44.7 Å². The largest absolute Gasteiger partial charge is 0.369 e. The van der Waals surface area contributed by atoms with Crippen LogP contribution < -0.4 is 15.5 Å². The van der Waals surface area contributed by atoms with Crippen LogP contribution in [0.15, 0.2) is 33.7 Å². The lowest BCUT2D eigenvalue weighted by Gasteiger charge is -2.35. The number of hydrogen-bond acceptors (Lipinski definition) is 3. The van der Waals surface area contributed by atoms with Gasteiger partial charge in [0.25, 0.3) is 0 Å². The summed E-state index contributed by atoms with van der Waals surface area (Å²) >= 11 is 3.51. The van der Waals surface area contributed by atoms with E-state index >= 15 is 0 Å². The van der Waals surface area contributed by atoms with Crippen molar-refractivity contribution >= 4 is 51.6 Å². The Labute approximate surface area is 195 Å². The second kappa shape index (κ2) is 11.6. The molecule has 158 valence electrons. The van der Waals surface area contributed by atoms with E-state index in [0.29, 0.717) is 18.0 Å². The topological polar surface area (TPSA) is 42.9 Å². The van der Waals surface area contributed by atoms with Crippen LogP contribution in [0.5, 0.6) is 0 Å². The van der Waals surface area contributed by atoms with E-state index in [1.54, 1.807) is 0 Å². The Bertz CT molecular complexity index is 622. The molecule has 0 amide bonds. The van der Waals surface area contributed by atoms with Gasteiger partial charge in [-0.15, -0.1) is 24.0 Å². The minimum absolute atomic E-state index is 0. The lowest BCUT2D eigenvalue weighted by molar-refractivity contribution is 0.141. The number of anilines is 1. The second-order valence-corrected chi connectivity index (χ2v) is 9.02. The normalized spacial score (nSPS) is 23.6. The molecule has 0 aromatic heterocycles. The van der Waals surface area contributed by atoms with Crippen LogP contribution in [0.1, 0.15) is 33.1 Å². The summed E-state index contributed by atoms with van der Waals surface area (Å²) in [7, 11) is 1.87. The molecule has 0 saturated carbocycles. The fraction of sp³-hybridized carbons (Fsp3) is 0.667. The summed E-state index contributed by atoms with van der Waals surface area (Å²) in [6.07, 6.45) is 3.76. The average Bonchev–Trinajstić information content (AvgIpc) is 3.14. The van der Waals surface area contributed by atoms with Gasteiger partial charge in [-0.2, -0.15) is 0 Å². The van der Waals surface area contributed by atoms with Crippen LogP contribution in [0.25, 0.3) is 0 Å². The molecule has 7 heteroatoms. The molecule has 0 radical (unpaired) electrons. The van der Waals surface area contributed by atoms with Crippen molar-refractivity contribution < 1.29 is 0 Å². The molecule has 0 bridgehead atoms. The Morgan fingerprint density at radius 2 is 1.93 bits per heavy atom. The van der Waals surface area contributed by atoms with Crippen molar-refractivity contribution in [3.05, 3.63) is 28.7 Å². The first-order chi connectivity index (χ1) is 13.0. The summed E-state index contributed by atoms with van der Waals surface area (Å²) in [6, 6.07) is 9.68. The van der Waals surface area contributed by atoms with Crippen molar-refractivity contribution in [2.45, 2.75) is 45.2 Å². The van der Waals surface area contributed by atoms with Crippen LogP contribution in [0.2, 0.25) is 0 Å². The molecule has 2 aliphatic rings. The number of nitrogens with one attached hydrogen (secondary N) is 2. The molecule has 2 saturated heterocycles. The summed E-state index contributed by atoms with van der Waals surface area (Å²) in [5.74, 6) is 1.65. The fourth-order valence-corrected chi connectivity index (χ4v) is 4.39. The van der Waals surface area contributed by atoms with Crippen molar-refractivity contribution in [2.24, 2.45) is 10.9 Å². The molecule has 3 rings (SSSR count). The summed E-state index contributed by atoms with van der Waals surface area (Å²) in [5, 5.41) is 7.20. The van der Waals surface area contributed by atoms with E-state index in [2.05, 4.69) is 79.5 Å². The van der Waals surface area contributed by atoms with Crippen LogP contribution in [0.3, 0.4) is 0 Å². The van der Waals surface area contributed by atoms with Gasteiger partial charge < -0.3 is 20.4 Å². The maximum atomic E-state index is 4.46. The quantitative estimate of drug-likeness (QED) is 0.324. The molecular weight excluding hydrogens is 529 g/mol. The molecule has 2 heterocycles. The van der Waals surface area contributed by atoms with E-state index in [4.69, 9.17) is 0 Å². The number of likely N-dealkylation sites (tertiary alicyclic amines) is 1. The lowest BCUT2D eigenvalue weighted by Crippen LogP contribution is -2.48. The second-order valence-electron chi connectivity index (χ2n) is 8.10. The molecule has 1 aromatic carbocycles. The first-order valence-corrected chi connectivity index (χ1v) is 11.1. The maximum absolute atomic E-state index is 4.46. The number of hydrogen-bond donors (Lipinski definition) is 2. The van der Waals surface area contributed by atoms with Crippen molar-refractivity contribution in [3.63, 3.8) is 0 Å². The number of aliphatic imine (C=N–C) groups is 1. The highest BCUT2D eigenvalue weighted by Crippen LogP contribution is 2.22. The number of benzene rings is 1. The van der Waals surface area contributed by atoms with Gasteiger partial charge in [0, 0.05) is 55.5 Å². The number of piperidine rings is 1. The van der Waals surface area contributed by atoms with Gasteiger partial charge in [0.05, 0.1) is 0 Å². The van der Waals surface area contributed by atoms with E-state index in [1.807, 2.05) is 7.05 Å². The van der Waals surface area contributed by atoms with Crippen LogP contribution in [0.4, 0.5) is 5.69 Å². The molecule has 0 aliphatic carbocycles. The summed E-state index contributed by atoms with van der Waals surface area (Å²) in [4.78, 5) is 9.50. The minimum Gasteiger partial charge on any atom is -0.369 e. The summed E-state index contributed by atoms with van der Waals surface area (Å²) in [5.41, 5.74) is 1.29. The Hall–Kier alpha value is -0.540. The third kappa shape index (κ3) is 6.76. The Morgan fingerprint density at radius 3 is 2.61 bits per heavy atom. The summed E-state index contributed by atoms with van der Waals surface area (Å²) in [6.45, 7) is 10.2. The third-order valence-corrected chi connectivity index (χ3v) is 6.31. The van der Waals surface area contributed by atoms with Gasteiger partial charge in [0.1, 0.15) is 0 Å². The Kier molecular flexibility index (Phi) is 9.83. The van der Waals surface area contributed by atoms with E-state index < -0.39 is 0 Å². The molecule has 1 aromatic rings. The molecule has 2 aliphatic heterocycles. The number of nitrogens with zero attached hydrogens (tertiary/aromatic N) is 3. The van der Waals surface area contributed by atoms with Gasteiger partial charge in [0.15, 0.2) is 5.96 Å². The van der Waals surface area contributed by atoms with Gasteiger partial charge >= 0.3 is 0 Å². The van der Waals surface area contributed by atoms with Crippen molar-refractivity contribution in [1.82, 2.24) is 15.5 Å². The molecule has 0 spiro atoms. The van der Waals surface area contributed by atoms with Crippen LogP contribution in [-0.4, -0.2) is 62.7 Å². The molecule has 5 nitrogen and oxygen atoms in total. The van der Waals surface area contributed by atoms with Gasteiger partial charge in [-0.3, -0.25) is 4.99 Å². The van der Waals surface area contributed by atoms with Gasteiger partial charge in [-0.05, 0) is 69.8 Å². The van der Waals surface area contributed by atoms with Gasteiger partial charge in [-0.1, -0.05) is 15.9 Å². The number of guanidine groups is 1. The molecule has 2 unspecified atom stereocenters. The minimum atomic E-state index is 0. The maximum Gasteiger partial charge on any atom is 0.191 e. The number of halogens is 2. The summed E-state index contributed by atoms with van der Waals surface area (Å²) < 4.78 is 1.13. The average molecular weight is 564 g/mol. The highest BCUT2D eigenvalue weighted by atomic mass is 127. The zero-order chi connectivity index (χ0) is 19.2. The first kappa shape index (κ1) is 23.7. The van der Waals surface area contributed by atoms with E-state index in [0.717, 1.165) is 36.5 Å². The molecular formula is C21H35BrIN5. The fourth-order valence-electron chi connectivity index (χ4n) is 4.13. The third-order valence-electron chi connectivity index (χ3n) is 5.78. The van der Waals surface area contributed by atoms with Crippen LogP contribution in [-0.2, 0) is 0 Å². The zero-order valence-electron chi connectivity index (χ0n) is 17.3. The van der Waals surface area contributed by atoms with E-state index in [1.165, 1.54) is 31.6 Å². The van der Waals surface area contributed by atoms with Gasteiger partial charge in [-0.25, -0.2) is 0 Å². The van der Waals surface area contributed by atoms with Gasteiger partial charge in [0.2, 0.25) is 0 Å². The molecule has 2 fully saturated rings. The number of rotatable bonds is 5. The van der Waals surface area contributed by atoms with E-state index in [-0.39, 0.29) is 24.0 Å². The van der Waals surface area contributed by atoms with Crippen molar-refractivity contribution in [3.8, 4) is 0 Å². The van der Waals surface area contributed by atoms with E-state index in [9.17, 15) is 0 Å². The standard InChI is InChI=1S/C21H34BrN5.HI/c1-16(2)26-11-4-5-17(14-26)13-24-21(23-3)25-19-10-12-27(15-19)20-8-6-18(22)7-9-20;/h6-9,16-17,19H,4-5,10-15H2,1-3H3,(H2,23,24,25);1H.